The van der Waals surface area contributed by atoms with Gasteiger partial charge in [-0.25, -0.2) is 0 Å². The molecule has 2 atom stereocenters. The number of hydrogen-bond acceptors (Lipinski definition) is 4. The monoisotopic (exact) mass is 302 g/mol. The first-order valence-electron chi connectivity index (χ1n) is 8.36. The molecule has 3 rings (SSSR count). The van der Waals surface area contributed by atoms with Crippen LogP contribution in [-0.2, 0) is 11.3 Å². The number of pyridine rings is 1. The third-order valence-corrected chi connectivity index (χ3v) is 4.80. The zero-order valence-corrected chi connectivity index (χ0v) is 13.4. The van der Waals surface area contributed by atoms with Crippen LogP contribution in [0.1, 0.15) is 25.3 Å². The number of carbonyl (C=O) groups excluding carboxylic acids is 1. The van der Waals surface area contributed by atoms with Crippen LogP contribution in [-0.4, -0.2) is 59.5 Å². The van der Waals surface area contributed by atoms with Gasteiger partial charge in [0.05, 0.1) is 6.04 Å². The molecule has 1 aromatic heterocycles. The summed E-state index contributed by atoms with van der Waals surface area (Å²) in [6.07, 6.45) is 5.84. The molecule has 2 unspecified atom stereocenters. The summed E-state index contributed by atoms with van der Waals surface area (Å²) in [6, 6.07) is 4.16. The molecule has 0 aliphatic carbocycles. The second kappa shape index (κ2) is 7.20. The molecule has 2 saturated heterocycles. The summed E-state index contributed by atoms with van der Waals surface area (Å²) in [4.78, 5) is 21.1. The minimum atomic E-state index is 0.0375. The fraction of sp³-hybridized carbons (Fsp3) is 0.647. The Balaban J connectivity index is 1.48. The standard InChI is InChI=1S/C17H26N4O/c1-14-2-7-19-16(12-14)17(22)21-10-8-20(9-11-21)13-15-3-5-18-6-4-15/h3-6,14,16,19H,2,7-13H2,1H3. The second-order valence-corrected chi connectivity index (χ2v) is 6.59. The minimum absolute atomic E-state index is 0.0375. The van der Waals surface area contributed by atoms with Gasteiger partial charge in [-0.1, -0.05) is 6.92 Å². The second-order valence-electron chi connectivity index (χ2n) is 6.59. The van der Waals surface area contributed by atoms with Crippen LogP contribution < -0.4 is 5.32 Å². The van der Waals surface area contributed by atoms with Gasteiger partial charge < -0.3 is 10.2 Å². The Kier molecular flexibility index (Phi) is 5.05. The Morgan fingerprint density at radius 3 is 2.68 bits per heavy atom. The molecule has 0 bridgehead atoms. The normalized spacial score (nSPS) is 26.9. The number of carbonyl (C=O) groups is 1. The predicted octanol–water partition coefficient (Wildman–Crippen LogP) is 1.11. The molecule has 3 heterocycles. The van der Waals surface area contributed by atoms with Crippen molar-refractivity contribution in [1.82, 2.24) is 20.1 Å². The van der Waals surface area contributed by atoms with Crippen molar-refractivity contribution in [3.8, 4) is 0 Å². The van der Waals surface area contributed by atoms with Crippen LogP contribution in [0.3, 0.4) is 0 Å². The first-order chi connectivity index (χ1) is 10.7. The summed E-state index contributed by atoms with van der Waals surface area (Å²) < 4.78 is 0. The SMILES string of the molecule is CC1CCNC(C(=O)N2CCN(Cc3ccncc3)CC2)C1. The third kappa shape index (κ3) is 3.84. The van der Waals surface area contributed by atoms with Crippen molar-refractivity contribution in [3.05, 3.63) is 30.1 Å². The van der Waals surface area contributed by atoms with Gasteiger partial charge in [-0.15, -0.1) is 0 Å². The molecule has 1 amide bonds. The average Bonchev–Trinajstić information content (AvgIpc) is 2.56. The molecule has 5 heteroatoms. The maximum absolute atomic E-state index is 12.6. The van der Waals surface area contributed by atoms with Gasteiger partial charge in [0.1, 0.15) is 0 Å². The van der Waals surface area contributed by atoms with Crippen LogP contribution in [0, 0.1) is 5.92 Å². The molecule has 0 aromatic carbocycles. The highest BCUT2D eigenvalue weighted by Crippen LogP contribution is 2.17. The number of aromatic nitrogens is 1. The van der Waals surface area contributed by atoms with E-state index in [4.69, 9.17) is 0 Å². The highest BCUT2D eigenvalue weighted by Gasteiger charge is 2.30. The number of amides is 1. The lowest BCUT2D eigenvalue weighted by molar-refractivity contribution is -0.136. The molecule has 2 aliphatic heterocycles. The Hall–Kier alpha value is -1.46. The quantitative estimate of drug-likeness (QED) is 0.909. The van der Waals surface area contributed by atoms with Crippen LogP contribution in [0.15, 0.2) is 24.5 Å². The predicted molar refractivity (Wildman–Crippen MR) is 86.3 cm³/mol. The van der Waals surface area contributed by atoms with Gasteiger partial charge >= 0.3 is 0 Å². The number of rotatable bonds is 3. The first kappa shape index (κ1) is 15.4. The van der Waals surface area contributed by atoms with Crippen molar-refractivity contribution in [2.75, 3.05) is 32.7 Å². The highest BCUT2D eigenvalue weighted by atomic mass is 16.2. The zero-order valence-electron chi connectivity index (χ0n) is 13.4. The van der Waals surface area contributed by atoms with Gasteiger partial charge in [-0.05, 0) is 43.0 Å². The van der Waals surface area contributed by atoms with E-state index in [9.17, 15) is 4.79 Å². The van der Waals surface area contributed by atoms with Crippen LogP contribution in [0.2, 0.25) is 0 Å². The van der Waals surface area contributed by atoms with Crippen LogP contribution in [0.4, 0.5) is 0 Å². The van der Waals surface area contributed by atoms with Crippen molar-refractivity contribution < 1.29 is 4.79 Å². The smallest absolute Gasteiger partial charge is 0.239 e. The van der Waals surface area contributed by atoms with Gasteiger partial charge in [-0.3, -0.25) is 14.7 Å². The van der Waals surface area contributed by atoms with Crippen LogP contribution in [0.25, 0.3) is 0 Å². The lowest BCUT2D eigenvalue weighted by Crippen LogP contribution is -2.55. The van der Waals surface area contributed by atoms with Gasteiger partial charge in [0.25, 0.3) is 0 Å². The molecular weight excluding hydrogens is 276 g/mol. The van der Waals surface area contributed by atoms with E-state index >= 15 is 0 Å². The number of piperidine rings is 1. The van der Waals surface area contributed by atoms with Gasteiger partial charge in [-0.2, -0.15) is 0 Å². The summed E-state index contributed by atoms with van der Waals surface area (Å²) in [6.45, 7) is 7.76. The van der Waals surface area contributed by atoms with Crippen molar-refractivity contribution in [1.29, 1.82) is 0 Å². The molecule has 120 valence electrons. The van der Waals surface area contributed by atoms with Crippen molar-refractivity contribution >= 4 is 5.91 Å². The minimum Gasteiger partial charge on any atom is -0.339 e. The Bertz CT molecular complexity index is 485. The fourth-order valence-electron chi connectivity index (χ4n) is 3.39. The largest absolute Gasteiger partial charge is 0.339 e. The van der Waals surface area contributed by atoms with Crippen molar-refractivity contribution in [3.63, 3.8) is 0 Å². The van der Waals surface area contributed by atoms with E-state index in [1.807, 2.05) is 17.3 Å². The van der Waals surface area contributed by atoms with E-state index in [1.54, 1.807) is 0 Å². The molecular formula is C17H26N4O. The number of nitrogens with zero attached hydrogens (tertiary/aromatic N) is 3. The van der Waals surface area contributed by atoms with Gasteiger partial charge in [0.2, 0.25) is 5.91 Å². The Morgan fingerprint density at radius 2 is 2.00 bits per heavy atom. The van der Waals surface area contributed by atoms with E-state index in [1.165, 1.54) is 12.0 Å². The summed E-state index contributed by atoms with van der Waals surface area (Å²) in [5.41, 5.74) is 1.29. The summed E-state index contributed by atoms with van der Waals surface area (Å²) in [5, 5.41) is 3.39. The number of piperazine rings is 1. The van der Waals surface area contributed by atoms with Crippen molar-refractivity contribution in [2.24, 2.45) is 5.92 Å². The molecule has 2 fully saturated rings. The van der Waals surface area contributed by atoms with Crippen LogP contribution in [0.5, 0.6) is 0 Å². The summed E-state index contributed by atoms with van der Waals surface area (Å²) in [5.74, 6) is 0.957. The van der Waals surface area contributed by atoms with Crippen molar-refractivity contribution in [2.45, 2.75) is 32.4 Å². The Morgan fingerprint density at radius 1 is 1.27 bits per heavy atom. The van der Waals surface area contributed by atoms with Gasteiger partial charge in [0, 0.05) is 45.1 Å². The van der Waals surface area contributed by atoms with E-state index < -0.39 is 0 Å². The van der Waals surface area contributed by atoms with E-state index in [0.29, 0.717) is 11.8 Å². The lowest BCUT2D eigenvalue weighted by Gasteiger charge is -2.38. The summed E-state index contributed by atoms with van der Waals surface area (Å²) in [7, 11) is 0. The molecule has 0 radical (unpaired) electrons. The molecule has 5 nitrogen and oxygen atoms in total. The molecule has 1 N–H and O–H groups in total. The number of hydrogen-bond donors (Lipinski definition) is 1. The highest BCUT2D eigenvalue weighted by molar-refractivity contribution is 5.82. The van der Waals surface area contributed by atoms with Crippen LogP contribution >= 0.6 is 0 Å². The average molecular weight is 302 g/mol. The molecule has 2 aliphatic rings. The first-order valence-corrected chi connectivity index (χ1v) is 8.36. The maximum Gasteiger partial charge on any atom is 0.239 e. The molecule has 1 aromatic rings. The maximum atomic E-state index is 12.6. The van der Waals surface area contributed by atoms with E-state index in [2.05, 4.69) is 34.3 Å². The van der Waals surface area contributed by atoms with Gasteiger partial charge in [0.15, 0.2) is 0 Å². The summed E-state index contributed by atoms with van der Waals surface area (Å²) >= 11 is 0. The third-order valence-electron chi connectivity index (χ3n) is 4.80. The fourth-order valence-corrected chi connectivity index (χ4v) is 3.39. The molecule has 0 spiro atoms. The number of nitrogens with one attached hydrogen (secondary N) is 1. The topological polar surface area (TPSA) is 48.5 Å². The van der Waals surface area contributed by atoms with E-state index in [0.717, 1.165) is 45.7 Å². The van der Waals surface area contributed by atoms with E-state index in [-0.39, 0.29) is 6.04 Å². The molecule has 22 heavy (non-hydrogen) atoms. The Labute approximate surface area is 132 Å². The lowest BCUT2D eigenvalue weighted by atomic mass is 9.93. The zero-order chi connectivity index (χ0) is 15.4. The molecule has 0 saturated carbocycles.